The average molecular weight is 552 g/mol. The standard InChI is InChI=1S/C32H45N3O5/c1-20(2)29(33-22(5)36)28(38)19-26(17-24-13-9-7-10-14-24)31(39)27(18-25-15-11-8-12-16-25)35-32(40)30(21(3)4)34-23(6)37/h7-16,20-21,26-27,29-31,39H,17-19H2,1-6H3,(H,33,36)(H,34,37)(H,35,40)/t26-,27+,29+,30+,31+/m1/s1. The molecule has 8 heteroatoms. The van der Waals surface area contributed by atoms with Gasteiger partial charge in [-0.2, -0.15) is 0 Å². The van der Waals surface area contributed by atoms with Crippen LogP contribution in [0.4, 0.5) is 0 Å². The van der Waals surface area contributed by atoms with Gasteiger partial charge in [0, 0.05) is 20.3 Å². The molecule has 0 radical (unpaired) electrons. The highest BCUT2D eigenvalue weighted by atomic mass is 16.3. The zero-order valence-corrected chi connectivity index (χ0v) is 24.5. The van der Waals surface area contributed by atoms with Crippen LogP contribution in [0.15, 0.2) is 60.7 Å². The Morgan fingerprint density at radius 2 is 1.12 bits per heavy atom. The van der Waals surface area contributed by atoms with Crippen LogP contribution in [0.5, 0.6) is 0 Å². The predicted octanol–water partition coefficient (Wildman–Crippen LogP) is 3.21. The highest BCUT2D eigenvalue weighted by Gasteiger charge is 2.35. The van der Waals surface area contributed by atoms with E-state index < -0.39 is 36.1 Å². The Labute approximate surface area is 238 Å². The molecule has 3 amide bonds. The smallest absolute Gasteiger partial charge is 0.243 e. The lowest BCUT2D eigenvalue weighted by Crippen LogP contribution is -2.56. The number of ketones is 1. The fourth-order valence-electron chi connectivity index (χ4n) is 4.93. The quantitative estimate of drug-likeness (QED) is 0.271. The average Bonchev–Trinajstić information content (AvgIpc) is 2.89. The van der Waals surface area contributed by atoms with Gasteiger partial charge in [0.05, 0.1) is 18.2 Å². The number of hydrogen-bond acceptors (Lipinski definition) is 5. The molecule has 0 unspecified atom stereocenters. The van der Waals surface area contributed by atoms with Crippen molar-refractivity contribution in [3.63, 3.8) is 0 Å². The SMILES string of the molecule is CC(=O)N[C@H](C(=O)C[C@@H](Cc1ccccc1)[C@H](O)[C@H](Cc1ccccc1)NC(=O)[C@@H](NC(C)=O)C(C)C)C(C)C. The van der Waals surface area contributed by atoms with E-state index in [2.05, 4.69) is 16.0 Å². The highest BCUT2D eigenvalue weighted by molar-refractivity contribution is 5.89. The molecule has 0 saturated carbocycles. The summed E-state index contributed by atoms with van der Waals surface area (Å²) in [4.78, 5) is 50.5. The molecule has 0 aliphatic rings. The third-order valence-corrected chi connectivity index (χ3v) is 7.01. The van der Waals surface area contributed by atoms with Crippen molar-refractivity contribution in [3.05, 3.63) is 71.8 Å². The van der Waals surface area contributed by atoms with Crippen LogP contribution >= 0.6 is 0 Å². The largest absolute Gasteiger partial charge is 0.391 e. The third-order valence-electron chi connectivity index (χ3n) is 7.01. The van der Waals surface area contributed by atoms with Crippen LogP contribution in [0, 0.1) is 17.8 Å². The molecule has 4 N–H and O–H groups in total. The highest BCUT2D eigenvalue weighted by Crippen LogP contribution is 2.23. The molecule has 0 aliphatic heterocycles. The second kappa shape index (κ2) is 15.9. The Bertz CT molecular complexity index is 1020. The van der Waals surface area contributed by atoms with Gasteiger partial charge in [0.25, 0.3) is 0 Å². The first-order chi connectivity index (χ1) is 18.9. The maximum atomic E-state index is 13.5. The Kier molecular flexibility index (Phi) is 13.0. The fraction of sp³-hybridized carbons (Fsp3) is 0.500. The van der Waals surface area contributed by atoms with Crippen LogP contribution < -0.4 is 16.0 Å². The summed E-state index contributed by atoms with van der Waals surface area (Å²) in [6.45, 7) is 10.2. The number of carbonyl (C=O) groups excluding carboxylic acids is 4. The van der Waals surface area contributed by atoms with Crippen LogP contribution in [-0.4, -0.2) is 52.8 Å². The van der Waals surface area contributed by atoms with Crippen molar-refractivity contribution in [1.82, 2.24) is 16.0 Å². The van der Waals surface area contributed by atoms with E-state index in [1.54, 1.807) is 0 Å². The molecule has 2 rings (SSSR count). The van der Waals surface area contributed by atoms with Gasteiger partial charge in [-0.05, 0) is 41.7 Å². The van der Waals surface area contributed by atoms with Gasteiger partial charge in [-0.25, -0.2) is 0 Å². The van der Waals surface area contributed by atoms with Crippen molar-refractivity contribution in [1.29, 1.82) is 0 Å². The zero-order chi connectivity index (χ0) is 29.8. The molecule has 0 saturated heterocycles. The molecule has 0 bridgehead atoms. The molecule has 218 valence electrons. The number of carbonyl (C=O) groups is 4. The van der Waals surface area contributed by atoms with Gasteiger partial charge in [0.2, 0.25) is 17.7 Å². The summed E-state index contributed by atoms with van der Waals surface area (Å²) >= 11 is 0. The zero-order valence-electron chi connectivity index (χ0n) is 24.5. The van der Waals surface area contributed by atoms with Crippen molar-refractivity contribution < 1.29 is 24.3 Å². The summed E-state index contributed by atoms with van der Waals surface area (Å²) in [7, 11) is 0. The van der Waals surface area contributed by atoms with E-state index in [9.17, 15) is 24.3 Å². The van der Waals surface area contributed by atoms with E-state index in [1.165, 1.54) is 13.8 Å². The maximum Gasteiger partial charge on any atom is 0.243 e. The van der Waals surface area contributed by atoms with Crippen LogP contribution in [0.25, 0.3) is 0 Å². The van der Waals surface area contributed by atoms with E-state index in [0.717, 1.165) is 11.1 Å². The lowest BCUT2D eigenvalue weighted by molar-refractivity contribution is -0.131. The van der Waals surface area contributed by atoms with Crippen LogP contribution in [-0.2, 0) is 32.0 Å². The molecule has 0 spiro atoms. The van der Waals surface area contributed by atoms with Gasteiger partial charge >= 0.3 is 0 Å². The van der Waals surface area contributed by atoms with Crippen molar-refractivity contribution in [2.45, 2.75) is 85.0 Å². The van der Waals surface area contributed by atoms with E-state index in [4.69, 9.17) is 0 Å². The molecule has 0 aliphatic carbocycles. The number of Topliss-reactive ketones (excluding diaryl/α,β-unsaturated/α-hetero) is 1. The van der Waals surface area contributed by atoms with Crippen LogP contribution in [0.3, 0.4) is 0 Å². The van der Waals surface area contributed by atoms with Gasteiger partial charge in [-0.1, -0.05) is 88.4 Å². The molecule has 0 heterocycles. The monoisotopic (exact) mass is 551 g/mol. The van der Waals surface area contributed by atoms with Gasteiger partial charge in [0.1, 0.15) is 6.04 Å². The number of nitrogens with one attached hydrogen (secondary N) is 3. The van der Waals surface area contributed by atoms with Crippen molar-refractivity contribution in [2.24, 2.45) is 17.8 Å². The predicted molar refractivity (Wildman–Crippen MR) is 156 cm³/mol. The molecule has 40 heavy (non-hydrogen) atoms. The number of aliphatic hydroxyl groups excluding tert-OH is 1. The van der Waals surface area contributed by atoms with E-state index >= 15 is 0 Å². The summed E-state index contributed by atoms with van der Waals surface area (Å²) in [5, 5.41) is 20.3. The van der Waals surface area contributed by atoms with Gasteiger partial charge in [0.15, 0.2) is 5.78 Å². The molecule has 8 nitrogen and oxygen atoms in total. The molecule has 2 aromatic rings. The molecule has 0 fully saturated rings. The minimum atomic E-state index is -1.09. The Morgan fingerprint density at radius 1 is 0.675 bits per heavy atom. The number of rotatable bonds is 15. The minimum absolute atomic E-state index is 0.0135. The summed E-state index contributed by atoms with van der Waals surface area (Å²) in [6.07, 6.45) is -0.348. The topological polar surface area (TPSA) is 125 Å². The van der Waals surface area contributed by atoms with E-state index in [1.807, 2.05) is 88.4 Å². The van der Waals surface area contributed by atoms with Gasteiger partial charge < -0.3 is 21.1 Å². The summed E-state index contributed by atoms with van der Waals surface area (Å²) in [5.41, 5.74) is 1.86. The minimum Gasteiger partial charge on any atom is -0.391 e. The Morgan fingerprint density at radius 3 is 1.57 bits per heavy atom. The molecule has 0 aromatic heterocycles. The first kappa shape index (κ1) is 32.7. The number of benzene rings is 2. The molecular formula is C32H45N3O5. The van der Waals surface area contributed by atoms with Crippen LogP contribution in [0.1, 0.15) is 59.1 Å². The lowest BCUT2D eigenvalue weighted by Gasteiger charge is -2.33. The normalized spacial score (nSPS) is 15.0. The molecule has 2 aromatic carbocycles. The number of amides is 3. The Hall–Kier alpha value is -3.52. The summed E-state index contributed by atoms with van der Waals surface area (Å²) in [6, 6.07) is 16.9. The van der Waals surface area contributed by atoms with Crippen molar-refractivity contribution >= 4 is 23.5 Å². The second-order valence-corrected chi connectivity index (χ2v) is 11.3. The number of hydrogen-bond donors (Lipinski definition) is 4. The van der Waals surface area contributed by atoms with Crippen LogP contribution in [0.2, 0.25) is 0 Å². The lowest BCUT2D eigenvalue weighted by atomic mass is 9.82. The summed E-state index contributed by atoms with van der Waals surface area (Å²) in [5.74, 6) is -2.03. The summed E-state index contributed by atoms with van der Waals surface area (Å²) < 4.78 is 0. The van der Waals surface area contributed by atoms with Gasteiger partial charge in [-0.15, -0.1) is 0 Å². The van der Waals surface area contributed by atoms with Crippen molar-refractivity contribution in [2.75, 3.05) is 0 Å². The molecule has 5 atom stereocenters. The molecular weight excluding hydrogens is 506 g/mol. The van der Waals surface area contributed by atoms with E-state index in [-0.39, 0.29) is 35.9 Å². The first-order valence-corrected chi connectivity index (χ1v) is 14.0. The second-order valence-electron chi connectivity index (χ2n) is 11.3. The maximum absolute atomic E-state index is 13.5. The Balaban J connectivity index is 2.44. The third kappa shape index (κ3) is 10.6. The van der Waals surface area contributed by atoms with E-state index in [0.29, 0.717) is 12.8 Å². The number of aliphatic hydroxyl groups is 1. The first-order valence-electron chi connectivity index (χ1n) is 14.0. The van der Waals surface area contributed by atoms with Gasteiger partial charge in [-0.3, -0.25) is 19.2 Å². The fourth-order valence-corrected chi connectivity index (χ4v) is 4.93. The van der Waals surface area contributed by atoms with Crippen molar-refractivity contribution in [3.8, 4) is 0 Å².